The van der Waals surface area contributed by atoms with Crippen LogP contribution in [-0.2, 0) is 14.3 Å². The molecule has 0 saturated carbocycles. The van der Waals surface area contributed by atoms with E-state index in [1.165, 1.54) is 0 Å². The van der Waals surface area contributed by atoms with Gasteiger partial charge < -0.3 is 9.47 Å². The van der Waals surface area contributed by atoms with E-state index in [-0.39, 0.29) is 6.61 Å². The molecule has 0 heterocycles. The van der Waals surface area contributed by atoms with Gasteiger partial charge in [0.2, 0.25) is 0 Å². The SMILES string of the molecule is CCOC(=O)COC(=O)c1ccc(F)cc1F. The van der Waals surface area contributed by atoms with Gasteiger partial charge in [0.05, 0.1) is 12.2 Å². The first-order valence-electron chi connectivity index (χ1n) is 4.82. The van der Waals surface area contributed by atoms with Gasteiger partial charge in [-0.3, -0.25) is 0 Å². The summed E-state index contributed by atoms with van der Waals surface area (Å²) in [5, 5.41) is 0. The molecule has 0 aliphatic heterocycles. The second-order valence-corrected chi connectivity index (χ2v) is 3.01. The van der Waals surface area contributed by atoms with Gasteiger partial charge in [-0.1, -0.05) is 0 Å². The van der Waals surface area contributed by atoms with Crippen molar-refractivity contribution < 1.29 is 27.8 Å². The summed E-state index contributed by atoms with van der Waals surface area (Å²) in [6.07, 6.45) is 0. The van der Waals surface area contributed by atoms with Gasteiger partial charge in [0.1, 0.15) is 11.6 Å². The fourth-order valence-corrected chi connectivity index (χ4v) is 1.06. The molecule has 0 aliphatic rings. The van der Waals surface area contributed by atoms with Crippen molar-refractivity contribution in [2.75, 3.05) is 13.2 Å². The topological polar surface area (TPSA) is 52.6 Å². The Labute approximate surface area is 96.1 Å². The number of hydrogen-bond acceptors (Lipinski definition) is 4. The van der Waals surface area contributed by atoms with Crippen LogP contribution in [-0.4, -0.2) is 25.2 Å². The molecule has 0 atom stereocenters. The van der Waals surface area contributed by atoms with Crippen molar-refractivity contribution in [2.24, 2.45) is 0 Å². The van der Waals surface area contributed by atoms with Gasteiger partial charge >= 0.3 is 11.9 Å². The first-order chi connectivity index (χ1) is 8.04. The first kappa shape index (κ1) is 13.1. The lowest BCUT2D eigenvalue weighted by Crippen LogP contribution is -2.17. The maximum absolute atomic E-state index is 13.1. The van der Waals surface area contributed by atoms with Crippen molar-refractivity contribution in [3.63, 3.8) is 0 Å². The molecule has 0 amide bonds. The monoisotopic (exact) mass is 244 g/mol. The first-order valence-corrected chi connectivity index (χ1v) is 4.82. The van der Waals surface area contributed by atoms with Crippen LogP contribution in [0, 0.1) is 11.6 Å². The quantitative estimate of drug-likeness (QED) is 0.756. The number of carbonyl (C=O) groups excluding carboxylic acids is 2. The van der Waals surface area contributed by atoms with Gasteiger partial charge in [-0.25, -0.2) is 18.4 Å². The Hall–Kier alpha value is -1.98. The highest BCUT2D eigenvalue weighted by Gasteiger charge is 2.15. The van der Waals surface area contributed by atoms with E-state index in [1.54, 1.807) is 6.92 Å². The Bertz CT molecular complexity index is 431. The Balaban J connectivity index is 2.61. The summed E-state index contributed by atoms with van der Waals surface area (Å²) >= 11 is 0. The molecule has 0 radical (unpaired) electrons. The predicted octanol–water partition coefficient (Wildman–Crippen LogP) is 1.68. The predicted molar refractivity (Wildman–Crippen MR) is 53.3 cm³/mol. The maximum atomic E-state index is 13.1. The van der Waals surface area contributed by atoms with Crippen LogP contribution in [0.4, 0.5) is 8.78 Å². The number of esters is 2. The highest BCUT2D eigenvalue weighted by molar-refractivity contribution is 5.90. The lowest BCUT2D eigenvalue weighted by Gasteiger charge is -2.05. The van der Waals surface area contributed by atoms with Gasteiger partial charge in [-0.2, -0.15) is 0 Å². The molecule has 0 fully saturated rings. The van der Waals surface area contributed by atoms with Gasteiger partial charge in [-0.15, -0.1) is 0 Å². The van der Waals surface area contributed by atoms with Crippen molar-refractivity contribution in [3.05, 3.63) is 35.4 Å². The van der Waals surface area contributed by atoms with Crippen LogP contribution in [0.2, 0.25) is 0 Å². The Morgan fingerprint density at radius 2 is 1.94 bits per heavy atom. The summed E-state index contributed by atoms with van der Waals surface area (Å²) in [4.78, 5) is 22.2. The fraction of sp³-hybridized carbons (Fsp3) is 0.273. The zero-order chi connectivity index (χ0) is 12.8. The van der Waals surface area contributed by atoms with Crippen LogP contribution in [0.1, 0.15) is 17.3 Å². The second-order valence-electron chi connectivity index (χ2n) is 3.01. The number of carbonyl (C=O) groups is 2. The minimum Gasteiger partial charge on any atom is -0.463 e. The van der Waals surface area contributed by atoms with Gasteiger partial charge in [0.25, 0.3) is 0 Å². The van der Waals surface area contributed by atoms with Crippen LogP contribution < -0.4 is 0 Å². The lowest BCUT2D eigenvalue weighted by molar-refractivity contribution is -0.146. The third-order valence-corrected chi connectivity index (χ3v) is 1.78. The van der Waals surface area contributed by atoms with E-state index in [1.807, 2.05) is 0 Å². The fourth-order valence-electron chi connectivity index (χ4n) is 1.06. The van der Waals surface area contributed by atoms with Gasteiger partial charge in [0.15, 0.2) is 6.61 Å². The summed E-state index contributed by atoms with van der Waals surface area (Å²) in [5.74, 6) is -3.62. The standard InChI is InChI=1S/C11H10F2O4/c1-2-16-10(14)6-17-11(15)8-4-3-7(12)5-9(8)13/h3-5H,2,6H2,1H3. The van der Waals surface area contributed by atoms with Crippen molar-refractivity contribution >= 4 is 11.9 Å². The van der Waals surface area contributed by atoms with Crippen LogP contribution >= 0.6 is 0 Å². The third-order valence-electron chi connectivity index (χ3n) is 1.78. The Morgan fingerprint density at radius 3 is 2.53 bits per heavy atom. The van der Waals surface area contributed by atoms with Gasteiger partial charge in [0, 0.05) is 6.07 Å². The van der Waals surface area contributed by atoms with Crippen LogP contribution in [0.25, 0.3) is 0 Å². The molecular formula is C11H10F2O4. The molecule has 0 saturated heterocycles. The molecule has 0 bridgehead atoms. The maximum Gasteiger partial charge on any atom is 0.344 e. The third kappa shape index (κ3) is 3.82. The highest BCUT2D eigenvalue weighted by atomic mass is 19.1. The smallest absolute Gasteiger partial charge is 0.344 e. The lowest BCUT2D eigenvalue weighted by atomic mass is 10.2. The van der Waals surface area contributed by atoms with E-state index >= 15 is 0 Å². The molecule has 17 heavy (non-hydrogen) atoms. The molecule has 1 aromatic carbocycles. The van der Waals surface area contributed by atoms with E-state index in [9.17, 15) is 18.4 Å². The Morgan fingerprint density at radius 1 is 1.24 bits per heavy atom. The molecule has 0 unspecified atom stereocenters. The van der Waals surface area contributed by atoms with Crippen molar-refractivity contribution in [2.45, 2.75) is 6.92 Å². The number of halogens is 2. The molecule has 0 aromatic heterocycles. The van der Waals surface area contributed by atoms with Gasteiger partial charge in [-0.05, 0) is 19.1 Å². The largest absolute Gasteiger partial charge is 0.463 e. The molecule has 0 aliphatic carbocycles. The highest BCUT2D eigenvalue weighted by Crippen LogP contribution is 2.10. The van der Waals surface area contributed by atoms with Crippen LogP contribution in [0.3, 0.4) is 0 Å². The minimum absolute atomic E-state index is 0.154. The van der Waals surface area contributed by atoms with Crippen LogP contribution in [0.5, 0.6) is 0 Å². The van der Waals surface area contributed by atoms with E-state index in [0.29, 0.717) is 6.07 Å². The Kier molecular flexibility index (Phi) is 4.56. The number of hydrogen-bond donors (Lipinski definition) is 0. The minimum atomic E-state index is -1.05. The average Bonchev–Trinajstić information content (AvgIpc) is 2.26. The van der Waals surface area contributed by atoms with Crippen molar-refractivity contribution in [3.8, 4) is 0 Å². The number of rotatable bonds is 4. The molecule has 1 aromatic rings. The molecule has 0 N–H and O–H groups in total. The summed E-state index contributed by atoms with van der Waals surface area (Å²) in [7, 11) is 0. The van der Waals surface area contributed by atoms with Crippen molar-refractivity contribution in [1.82, 2.24) is 0 Å². The summed E-state index contributed by atoms with van der Waals surface area (Å²) in [6, 6.07) is 2.42. The van der Waals surface area contributed by atoms with E-state index in [4.69, 9.17) is 0 Å². The molecule has 92 valence electrons. The molecule has 1 rings (SSSR count). The van der Waals surface area contributed by atoms with Crippen LogP contribution in [0.15, 0.2) is 18.2 Å². The summed E-state index contributed by atoms with van der Waals surface area (Å²) < 4.78 is 34.7. The summed E-state index contributed by atoms with van der Waals surface area (Å²) in [6.45, 7) is 1.14. The molecule has 6 heteroatoms. The molecule has 0 spiro atoms. The van der Waals surface area contributed by atoms with Crippen molar-refractivity contribution in [1.29, 1.82) is 0 Å². The number of benzene rings is 1. The van der Waals surface area contributed by atoms with E-state index < -0.39 is 35.7 Å². The van der Waals surface area contributed by atoms with E-state index in [2.05, 4.69) is 9.47 Å². The zero-order valence-electron chi connectivity index (χ0n) is 9.04. The second kappa shape index (κ2) is 5.93. The normalized spacial score (nSPS) is 9.82. The average molecular weight is 244 g/mol. The molecule has 4 nitrogen and oxygen atoms in total. The zero-order valence-corrected chi connectivity index (χ0v) is 9.04. The summed E-state index contributed by atoms with van der Waals surface area (Å²) in [5.41, 5.74) is -0.435. The van der Waals surface area contributed by atoms with E-state index in [0.717, 1.165) is 12.1 Å². The number of ether oxygens (including phenoxy) is 2. The molecular weight excluding hydrogens is 234 g/mol.